The molecule has 2 nitrogen and oxygen atoms in total. The van der Waals surface area contributed by atoms with Crippen LogP contribution in [0.2, 0.25) is 5.02 Å². The van der Waals surface area contributed by atoms with Gasteiger partial charge in [0.05, 0.1) is 5.97 Å². The predicted molar refractivity (Wildman–Crippen MR) is 45.2 cm³/mol. The summed E-state index contributed by atoms with van der Waals surface area (Å²) >= 11 is 5.69. The molecular weight excluding hydrogens is 176 g/mol. The van der Waals surface area contributed by atoms with Gasteiger partial charge in [-0.1, -0.05) is 24.6 Å². The van der Waals surface area contributed by atoms with Crippen molar-refractivity contribution < 1.29 is 9.90 Å². The molecule has 0 fully saturated rings. The molecule has 0 amide bonds. The number of carboxylic acid groups (broad SMARTS) is 1. The first kappa shape index (κ1) is 9.07. The number of rotatable bonds is 2. The monoisotopic (exact) mass is 183 g/mol. The highest BCUT2D eigenvalue weighted by molar-refractivity contribution is 6.30. The largest absolute Gasteiger partial charge is 0.545 e. The first-order chi connectivity index (χ1) is 5.65. The van der Waals surface area contributed by atoms with Gasteiger partial charge in [-0.3, -0.25) is 0 Å². The summed E-state index contributed by atoms with van der Waals surface area (Å²) in [6.07, 6.45) is 0.643. The van der Waals surface area contributed by atoms with Crippen molar-refractivity contribution in [2.45, 2.75) is 13.3 Å². The Labute approximate surface area is 75.8 Å². The molecule has 0 atom stereocenters. The minimum absolute atomic E-state index is 0.224. The second-order valence-corrected chi connectivity index (χ2v) is 2.88. The standard InChI is InChI=1S/C9H9ClO2/c1-2-6-5-7(10)3-4-8(6)9(11)12/h3-5H,2H2,1H3,(H,11,12)/p-1. The SMILES string of the molecule is CCc1cc(Cl)ccc1C(=O)[O-]. The molecule has 0 heterocycles. The van der Waals surface area contributed by atoms with Crippen LogP contribution in [0.1, 0.15) is 22.8 Å². The quantitative estimate of drug-likeness (QED) is 0.693. The number of carbonyl (C=O) groups is 1. The highest BCUT2D eigenvalue weighted by atomic mass is 35.5. The second-order valence-electron chi connectivity index (χ2n) is 2.44. The number of carboxylic acids is 1. The van der Waals surface area contributed by atoms with Gasteiger partial charge < -0.3 is 9.90 Å². The molecule has 0 radical (unpaired) electrons. The zero-order valence-corrected chi connectivity index (χ0v) is 7.39. The maximum absolute atomic E-state index is 10.5. The van der Waals surface area contributed by atoms with Crippen LogP contribution >= 0.6 is 11.6 Å². The minimum atomic E-state index is -1.15. The van der Waals surface area contributed by atoms with Crippen molar-refractivity contribution in [1.29, 1.82) is 0 Å². The van der Waals surface area contributed by atoms with Gasteiger partial charge in [0.15, 0.2) is 0 Å². The molecule has 0 saturated heterocycles. The van der Waals surface area contributed by atoms with Crippen molar-refractivity contribution in [3.05, 3.63) is 34.3 Å². The Morgan fingerprint density at radius 2 is 2.25 bits per heavy atom. The van der Waals surface area contributed by atoms with Gasteiger partial charge in [-0.25, -0.2) is 0 Å². The van der Waals surface area contributed by atoms with Gasteiger partial charge in [0.1, 0.15) is 0 Å². The van der Waals surface area contributed by atoms with Crippen LogP contribution in [0.5, 0.6) is 0 Å². The highest BCUT2D eigenvalue weighted by Crippen LogP contribution is 2.15. The van der Waals surface area contributed by atoms with E-state index in [4.69, 9.17) is 11.6 Å². The van der Waals surface area contributed by atoms with Crippen LogP contribution in [-0.2, 0) is 6.42 Å². The third-order valence-corrected chi connectivity index (χ3v) is 1.90. The van der Waals surface area contributed by atoms with Crippen LogP contribution in [0, 0.1) is 0 Å². The van der Waals surface area contributed by atoms with Gasteiger partial charge in [-0.2, -0.15) is 0 Å². The summed E-state index contributed by atoms with van der Waals surface area (Å²) in [5.74, 6) is -1.15. The molecule has 0 aliphatic heterocycles. The van der Waals surface area contributed by atoms with Crippen LogP contribution in [0.25, 0.3) is 0 Å². The Morgan fingerprint density at radius 1 is 1.58 bits per heavy atom. The fourth-order valence-electron chi connectivity index (χ4n) is 1.05. The maximum Gasteiger partial charge on any atom is 0.0718 e. The Bertz CT molecular complexity index is 307. The highest BCUT2D eigenvalue weighted by Gasteiger charge is 2.01. The Kier molecular flexibility index (Phi) is 2.71. The van der Waals surface area contributed by atoms with E-state index in [9.17, 15) is 9.90 Å². The van der Waals surface area contributed by atoms with Gasteiger partial charge >= 0.3 is 0 Å². The van der Waals surface area contributed by atoms with E-state index in [1.165, 1.54) is 6.07 Å². The number of carbonyl (C=O) groups excluding carboxylic acids is 1. The van der Waals surface area contributed by atoms with E-state index in [0.717, 1.165) is 0 Å². The lowest BCUT2D eigenvalue weighted by Gasteiger charge is -2.08. The minimum Gasteiger partial charge on any atom is -0.545 e. The molecule has 0 bridgehead atoms. The van der Waals surface area contributed by atoms with Crippen molar-refractivity contribution in [2.24, 2.45) is 0 Å². The number of hydrogen-bond acceptors (Lipinski definition) is 2. The first-order valence-electron chi connectivity index (χ1n) is 3.65. The number of benzene rings is 1. The average molecular weight is 184 g/mol. The van der Waals surface area contributed by atoms with Crippen molar-refractivity contribution in [3.8, 4) is 0 Å². The summed E-state index contributed by atoms with van der Waals surface area (Å²) in [5.41, 5.74) is 0.935. The summed E-state index contributed by atoms with van der Waals surface area (Å²) < 4.78 is 0. The van der Waals surface area contributed by atoms with Gasteiger partial charge in [0, 0.05) is 10.6 Å². The predicted octanol–water partition coefficient (Wildman–Crippen LogP) is 1.27. The zero-order chi connectivity index (χ0) is 9.14. The number of aryl methyl sites for hydroxylation is 1. The van der Waals surface area contributed by atoms with Crippen molar-refractivity contribution in [2.75, 3.05) is 0 Å². The van der Waals surface area contributed by atoms with E-state index in [2.05, 4.69) is 0 Å². The first-order valence-corrected chi connectivity index (χ1v) is 4.02. The van der Waals surface area contributed by atoms with E-state index >= 15 is 0 Å². The topological polar surface area (TPSA) is 40.1 Å². The Balaban J connectivity index is 3.20. The molecule has 0 unspecified atom stereocenters. The molecule has 0 spiro atoms. The van der Waals surface area contributed by atoms with Crippen LogP contribution < -0.4 is 5.11 Å². The van der Waals surface area contributed by atoms with Crippen LogP contribution in [0.4, 0.5) is 0 Å². The number of halogens is 1. The zero-order valence-electron chi connectivity index (χ0n) is 6.63. The molecule has 1 aromatic carbocycles. The molecule has 64 valence electrons. The molecule has 3 heteroatoms. The van der Waals surface area contributed by atoms with E-state index < -0.39 is 5.97 Å². The molecule has 0 N–H and O–H groups in total. The average Bonchev–Trinajstić information content (AvgIpc) is 2.03. The smallest absolute Gasteiger partial charge is 0.0718 e. The normalized spacial score (nSPS) is 9.83. The van der Waals surface area contributed by atoms with Crippen molar-refractivity contribution in [3.63, 3.8) is 0 Å². The van der Waals surface area contributed by atoms with Crippen molar-refractivity contribution in [1.82, 2.24) is 0 Å². The third-order valence-electron chi connectivity index (χ3n) is 1.67. The van der Waals surface area contributed by atoms with E-state index in [-0.39, 0.29) is 5.56 Å². The van der Waals surface area contributed by atoms with E-state index in [1.54, 1.807) is 12.1 Å². The van der Waals surface area contributed by atoms with Gasteiger partial charge in [-0.05, 0) is 24.1 Å². The molecule has 0 aliphatic rings. The van der Waals surface area contributed by atoms with E-state index in [0.29, 0.717) is 17.0 Å². The molecule has 0 aromatic heterocycles. The number of aromatic carboxylic acids is 1. The van der Waals surface area contributed by atoms with Crippen LogP contribution in [-0.4, -0.2) is 5.97 Å². The summed E-state index contributed by atoms with van der Waals surface area (Å²) in [6.45, 7) is 1.87. The molecule has 0 saturated carbocycles. The summed E-state index contributed by atoms with van der Waals surface area (Å²) in [7, 11) is 0. The van der Waals surface area contributed by atoms with E-state index in [1.807, 2.05) is 6.92 Å². The summed E-state index contributed by atoms with van der Waals surface area (Å²) in [5, 5.41) is 11.1. The summed E-state index contributed by atoms with van der Waals surface area (Å²) in [6, 6.07) is 4.66. The summed E-state index contributed by atoms with van der Waals surface area (Å²) in [4.78, 5) is 10.5. The van der Waals surface area contributed by atoms with Crippen LogP contribution in [0.3, 0.4) is 0 Å². The molecule has 0 aliphatic carbocycles. The van der Waals surface area contributed by atoms with Crippen molar-refractivity contribution >= 4 is 17.6 Å². The van der Waals surface area contributed by atoms with Gasteiger partial charge in [-0.15, -0.1) is 0 Å². The number of hydrogen-bond donors (Lipinski definition) is 0. The Morgan fingerprint density at radius 3 is 2.75 bits per heavy atom. The van der Waals surface area contributed by atoms with Gasteiger partial charge in [0.25, 0.3) is 0 Å². The lowest BCUT2D eigenvalue weighted by atomic mass is 10.1. The molecule has 1 rings (SSSR count). The molecule has 1 aromatic rings. The fourth-order valence-corrected chi connectivity index (χ4v) is 1.25. The third kappa shape index (κ3) is 1.77. The maximum atomic E-state index is 10.5. The van der Waals surface area contributed by atoms with Crippen LogP contribution in [0.15, 0.2) is 18.2 Å². The lowest BCUT2D eigenvalue weighted by molar-refractivity contribution is -0.255. The molecular formula is C9H8ClO2-. The fraction of sp³-hybridized carbons (Fsp3) is 0.222. The second kappa shape index (κ2) is 3.59. The Hall–Kier alpha value is -1.02. The van der Waals surface area contributed by atoms with Gasteiger partial charge in [0.2, 0.25) is 0 Å². The lowest BCUT2D eigenvalue weighted by Crippen LogP contribution is -2.23. The molecule has 12 heavy (non-hydrogen) atoms.